The molecule has 116 valence electrons. The third-order valence-electron chi connectivity index (χ3n) is 4.60. The molecule has 0 saturated heterocycles. The van der Waals surface area contributed by atoms with Crippen LogP contribution in [0, 0.1) is 0 Å². The Morgan fingerprint density at radius 2 is 2.13 bits per heavy atom. The number of hydrogen-bond acceptors (Lipinski definition) is 2. The van der Waals surface area contributed by atoms with Crippen molar-refractivity contribution in [1.82, 2.24) is 0 Å². The van der Waals surface area contributed by atoms with E-state index in [1.54, 1.807) is 0 Å². The van der Waals surface area contributed by atoms with Crippen LogP contribution in [-0.4, -0.2) is 11.7 Å². The average Bonchev–Trinajstić information content (AvgIpc) is 2.57. The topological polar surface area (TPSA) is 29.1 Å². The highest BCUT2D eigenvalue weighted by Gasteiger charge is 2.20. The molecule has 0 atom stereocenters. The van der Waals surface area contributed by atoms with Crippen LogP contribution < -0.4 is 5.32 Å². The van der Waals surface area contributed by atoms with E-state index in [0.717, 1.165) is 30.7 Å². The molecule has 0 radical (unpaired) electrons. The maximum absolute atomic E-state index is 12.0. The highest BCUT2D eigenvalue weighted by atomic mass is 32.1. The fraction of sp³-hybridized carbons (Fsp3) is 0.250. The molecule has 1 amide bonds. The van der Waals surface area contributed by atoms with Crippen molar-refractivity contribution in [3.63, 3.8) is 0 Å². The highest BCUT2D eigenvalue weighted by Crippen LogP contribution is 2.41. The molecule has 0 saturated carbocycles. The number of anilines is 1. The predicted octanol–water partition coefficient (Wildman–Crippen LogP) is 4.84. The quantitative estimate of drug-likeness (QED) is 0.775. The third-order valence-corrected chi connectivity index (χ3v) is 4.92. The SMILES string of the molecule is O=C(CCCS)Nc1cc2c3c4c(ccc3c1)C=CCC4=CC2. The molecule has 23 heavy (non-hydrogen) atoms. The molecule has 2 nitrogen and oxygen atoms in total. The summed E-state index contributed by atoms with van der Waals surface area (Å²) in [6.07, 6.45) is 10.1. The van der Waals surface area contributed by atoms with Gasteiger partial charge in [-0.1, -0.05) is 30.4 Å². The van der Waals surface area contributed by atoms with Crippen LogP contribution in [0.25, 0.3) is 22.4 Å². The van der Waals surface area contributed by atoms with Gasteiger partial charge in [0.15, 0.2) is 0 Å². The lowest BCUT2D eigenvalue weighted by atomic mass is 9.81. The number of amides is 1. The molecule has 0 fully saturated rings. The Bertz CT molecular complexity index is 864. The zero-order chi connectivity index (χ0) is 15.8. The minimum atomic E-state index is 0.0681. The van der Waals surface area contributed by atoms with Gasteiger partial charge in [0.05, 0.1) is 0 Å². The van der Waals surface area contributed by atoms with Crippen LogP contribution in [0.1, 0.15) is 36.0 Å². The predicted molar refractivity (Wildman–Crippen MR) is 101 cm³/mol. The molecule has 3 heteroatoms. The molecule has 0 aliphatic heterocycles. The Hall–Kier alpha value is -2.00. The molecule has 4 rings (SSSR count). The molecule has 2 aromatic rings. The maximum atomic E-state index is 12.0. The number of benzene rings is 2. The summed E-state index contributed by atoms with van der Waals surface area (Å²) in [6.45, 7) is 0. The molecule has 1 N–H and O–H groups in total. The Morgan fingerprint density at radius 1 is 1.22 bits per heavy atom. The van der Waals surface area contributed by atoms with Gasteiger partial charge in [-0.3, -0.25) is 4.79 Å². The fourth-order valence-corrected chi connectivity index (χ4v) is 3.74. The van der Waals surface area contributed by atoms with E-state index < -0.39 is 0 Å². The summed E-state index contributed by atoms with van der Waals surface area (Å²) < 4.78 is 0. The second-order valence-electron chi connectivity index (χ2n) is 6.18. The first kappa shape index (κ1) is 14.6. The Morgan fingerprint density at radius 3 is 3.00 bits per heavy atom. The van der Waals surface area contributed by atoms with Gasteiger partial charge in [0, 0.05) is 12.1 Å². The Labute approximate surface area is 141 Å². The first-order valence-corrected chi connectivity index (χ1v) is 8.76. The molecule has 2 aliphatic rings. The maximum Gasteiger partial charge on any atom is 0.224 e. The van der Waals surface area contributed by atoms with Crippen molar-refractivity contribution >= 4 is 46.6 Å². The Balaban J connectivity index is 1.76. The van der Waals surface area contributed by atoms with E-state index in [9.17, 15) is 4.79 Å². The van der Waals surface area contributed by atoms with E-state index in [2.05, 4.69) is 60.4 Å². The van der Waals surface area contributed by atoms with Gasteiger partial charge >= 0.3 is 0 Å². The smallest absolute Gasteiger partial charge is 0.224 e. The van der Waals surface area contributed by atoms with Gasteiger partial charge in [-0.2, -0.15) is 12.6 Å². The summed E-state index contributed by atoms with van der Waals surface area (Å²) in [5, 5.41) is 5.61. The van der Waals surface area contributed by atoms with Gasteiger partial charge in [0.1, 0.15) is 0 Å². The number of thiol groups is 1. The molecule has 0 aromatic heterocycles. The molecule has 0 heterocycles. The van der Waals surface area contributed by atoms with Crippen LogP contribution in [0.3, 0.4) is 0 Å². The highest BCUT2D eigenvalue weighted by molar-refractivity contribution is 7.80. The van der Waals surface area contributed by atoms with Gasteiger partial charge in [-0.25, -0.2) is 0 Å². The molecule has 0 bridgehead atoms. The van der Waals surface area contributed by atoms with Crippen LogP contribution in [0.15, 0.2) is 36.4 Å². The summed E-state index contributed by atoms with van der Waals surface area (Å²) >= 11 is 4.16. The summed E-state index contributed by atoms with van der Waals surface area (Å²) in [4.78, 5) is 12.0. The standard InChI is InChI=1S/C20H19NOS/c22-18(5-2-10-23)21-17-11-15-8-6-13-3-1-4-14-7-9-16(12-17)20(15)19(13)14/h1,3,6-8,11-12,23H,2,4-5,9-10H2,(H,21,22). The monoisotopic (exact) mass is 321 g/mol. The zero-order valence-corrected chi connectivity index (χ0v) is 13.8. The molecular formula is C20H19NOS. The minimum absolute atomic E-state index is 0.0681. The summed E-state index contributed by atoms with van der Waals surface area (Å²) in [5.41, 5.74) is 6.34. The van der Waals surface area contributed by atoms with E-state index in [-0.39, 0.29) is 5.91 Å². The van der Waals surface area contributed by atoms with Crippen LogP contribution in [0.2, 0.25) is 0 Å². The first-order chi connectivity index (χ1) is 11.3. The molecule has 0 unspecified atom stereocenters. The van der Waals surface area contributed by atoms with Crippen molar-refractivity contribution in [3.05, 3.63) is 53.1 Å². The summed E-state index contributed by atoms with van der Waals surface area (Å²) in [7, 11) is 0. The number of carbonyl (C=O) groups excluding carboxylic acids is 1. The zero-order valence-electron chi connectivity index (χ0n) is 12.9. The van der Waals surface area contributed by atoms with Gasteiger partial charge in [0.25, 0.3) is 0 Å². The lowest BCUT2D eigenvalue weighted by Gasteiger charge is -2.24. The largest absolute Gasteiger partial charge is 0.326 e. The van der Waals surface area contributed by atoms with Crippen molar-refractivity contribution in [2.24, 2.45) is 0 Å². The van der Waals surface area contributed by atoms with Crippen LogP contribution in [0.5, 0.6) is 0 Å². The number of allylic oxidation sites excluding steroid dienone is 3. The summed E-state index contributed by atoms with van der Waals surface area (Å²) in [6, 6.07) is 8.58. The first-order valence-electron chi connectivity index (χ1n) is 8.12. The van der Waals surface area contributed by atoms with Crippen LogP contribution in [-0.2, 0) is 11.2 Å². The van der Waals surface area contributed by atoms with Crippen molar-refractivity contribution < 1.29 is 4.79 Å². The average molecular weight is 321 g/mol. The van der Waals surface area contributed by atoms with Crippen molar-refractivity contribution in [2.75, 3.05) is 11.1 Å². The van der Waals surface area contributed by atoms with Crippen molar-refractivity contribution in [2.45, 2.75) is 25.7 Å². The summed E-state index contributed by atoms with van der Waals surface area (Å²) in [5.74, 6) is 0.808. The second kappa shape index (κ2) is 5.89. The van der Waals surface area contributed by atoms with Gasteiger partial charge < -0.3 is 5.32 Å². The normalized spacial score (nSPS) is 14.7. The number of hydrogen-bond donors (Lipinski definition) is 2. The molecule has 2 aliphatic carbocycles. The molecule has 0 spiro atoms. The van der Waals surface area contributed by atoms with Crippen molar-refractivity contribution in [1.29, 1.82) is 0 Å². The van der Waals surface area contributed by atoms with Crippen molar-refractivity contribution in [3.8, 4) is 0 Å². The number of nitrogens with one attached hydrogen (secondary N) is 1. The fourth-order valence-electron chi connectivity index (χ4n) is 3.58. The number of carbonyl (C=O) groups is 1. The van der Waals surface area contributed by atoms with Crippen LogP contribution >= 0.6 is 12.6 Å². The molecule has 2 aromatic carbocycles. The van der Waals surface area contributed by atoms with E-state index in [0.29, 0.717) is 6.42 Å². The second-order valence-corrected chi connectivity index (χ2v) is 6.63. The lowest BCUT2D eigenvalue weighted by Crippen LogP contribution is -2.12. The van der Waals surface area contributed by atoms with E-state index in [1.165, 1.54) is 33.0 Å². The Kier molecular flexibility index (Phi) is 3.74. The van der Waals surface area contributed by atoms with E-state index >= 15 is 0 Å². The van der Waals surface area contributed by atoms with Crippen LogP contribution in [0.4, 0.5) is 5.69 Å². The van der Waals surface area contributed by atoms with Gasteiger partial charge in [-0.05, 0) is 70.2 Å². The third kappa shape index (κ3) is 2.59. The minimum Gasteiger partial charge on any atom is -0.326 e. The van der Waals surface area contributed by atoms with E-state index in [4.69, 9.17) is 0 Å². The van der Waals surface area contributed by atoms with Gasteiger partial charge in [-0.15, -0.1) is 0 Å². The number of rotatable bonds is 4. The lowest BCUT2D eigenvalue weighted by molar-refractivity contribution is -0.116. The van der Waals surface area contributed by atoms with Gasteiger partial charge in [0.2, 0.25) is 5.91 Å². The molecular weight excluding hydrogens is 302 g/mol. The van der Waals surface area contributed by atoms with E-state index in [1.807, 2.05) is 0 Å².